The molecule has 0 radical (unpaired) electrons. The molecule has 9 nitrogen and oxygen atoms in total. The molecule has 6 rings (SSSR count). The number of amides is 1. The van der Waals surface area contributed by atoms with Gasteiger partial charge < -0.3 is 18.8 Å². The van der Waals surface area contributed by atoms with Crippen LogP contribution in [0, 0.1) is 5.41 Å². The van der Waals surface area contributed by atoms with Crippen LogP contribution < -0.4 is 5.32 Å². The molecule has 1 aliphatic rings. The number of hydrogen-bond acceptors (Lipinski definition) is 7. The molecule has 1 N–H and O–H groups in total. The molecular weight excluding hydrogens is 575 g/mol. The summed E-state index contributed by atoms with van der Waals surface area (Å²) in [4.78, 5) is 22.1. The number of para-hydroxylation sites is 2. The molecule has 3 aromatic carbocycles. The van der Waals surface area contributed by atoms with E-state index in [9.17, 15) is 9.36 Å². The van der Waals surface area contributed by atoms with Crippen LogP contribution in [-0.4, -0.2) is 33.7 Å². The summed E-state index contributed by atoms with van der Waals surface area (Å²) in [6, 6.07) is 22.6. The van der Waals surface area contributed by atoms with Gasteiger partial charge in [0.15, 0.2) is 0 Å². The topological polar surface area (TPSA) is 108 Å². The van der Waals surface area contributed by atoms with Crippen LogP contribution in [-0.2, 0) is 31.0 Å². The van der Waals surface area contributed by atoms with E-state index in [1.54, 1.807) is 35.2 Å². The van der Waals surface area contributed by atoms with Gasteiger partial charge in [-0.15, -0.1) is 0 Å². The molecule has 1 amide bonds. The standard InChI is InChI=1S/C31H30ClN4O5P/c1-31(2)18-39-42(38,40-19-31)17-21-7-13-24(14-8-21)34-28(37)16-15-27-29(22-9-11-23(32)12-10-22)35-30(41-27)36-20-33-25-5-3-4-6-26(25)36/h3-14,20H,15-19H2,1-2H3,(H,34,37). The Morgan fingerprint density at radius 3 is 2.48 bits per heavy atom. The molecule has 0 unspecified atom stereocenters. The number of halogens is 1. The highest BCUT2D eigenvalue weighted by atomic mass is 35.5. The van der Waals surface area contributed by atoms with Gasteiger partial charge in [0.1, 0.15) is 17.8 Å². The maximum absolute atomic E-state index is 12.9. The van der Waals surface area contributed by atoms with Crippen molar-refractivity contribution in [2.75, 3.05) is 18.5 Å². The summed E-state index contributed by atoms with van der Waals surface area (Å²) < 4.78 is 32.1. The number of nitrogens with one attached hydrogen (secondary N) is 1. The third kappa shape index (κ3) is 6.35. The van der Waals surface area contributed by atoms with Crippen molar-refractivity contribution in [2.45, 2.75) is 32.9 Å². The van der Waals surface area contributed by atoms with Gasteiger partial charge >= 0.3 is 13.6 Å². The van der Waals surface area contributed by atoms with Gasteiger partial charge in [-0.3, -0.25) is 13.9 Å². The molecule has 0 bridgehead atoms. The minimum absolute atomic E-state index is 0.154. The smallest absolute Gasteiger partial charge is 0.335 e. The number of nitrogens with zero attached hydrogens (tertiary/aromatic N) is 3. The third-order valence-electron chi connectivity index (χ3n) is 6.96. The van der Waals surface area contributed by atoms with Crippen molar-refractivity contribution >= 4 is 41.8 Å². The van der Waals surface area contributed by atoms with Gasteiger partial charge in [0.25, 0.3) is 0 Å². The fraction of sp³-hybridized carbons (Fsp3) is 0.258. The zero-order chi connectivity index (χ0) is 29.3. The predicted molar refractivity (Wildman–Crippen MR) is 162 cm³/mol. The van der Waals surface area contributed by atoms with E-state index in [2.05, 4.69) is 10.3 Å². The van der Waals surface area contributed by atoms with Crippen LogP contribution >= 0.6 is 19.2 Å². The normalized spacial score (nSPS) is 16.0. The average molecular weight is 605 g/mol. The average Bonchev–Trinajstić information content (AvgIpc) is 3.60. The Morgan fingerprint density at radius 2 is 1.74 bits per heavy atom. The summed E-state index contributed by atoms with van der Waals surface area (Å²) in [5.41, 5.74) is 4.45. The maximum Gasteiger partial charge on any atom is 0.335 e. The fourth-order valence-electron chi connectivity index (χ4n) is 4.64. The Hall–Kier alpha value is -3.75. The molecule has 1 aliphatic heterocycles. The number of fused-ring (bicyclic) bond motifs is 1. The lowest BCUT2D eigenvalue weighted by Gasteiger charge is -2.34. The molecule has 2 aromatic heterocycles. The van der Waals surface area contributed by atoms with Gasteiger partial charge in [-0.1, -0.05) is 61.8 Å². The number of anilines is 1. The Bertz CT molecular complexity index is 1770. The molecule has 11 heteroatoms. The van der Waals surface area contributed by atoms with E-state index in [0.717, 1.165) is 22.2 Å². The third-order valence-corrected chi connectivity index (χ3v) is 9.01. The second-order valence-corrected chi connectivity index (χ2v) is 13.6. The van der Waals surface area contributed by atoms with E-state index < -0.39 is 7.60 Å². The number of carbonyl (C=O) groups is 1. The number of rotatable bonds is 8. The Kier molecular flexibility index (Phi) is 7.77. The fourth-order valence-corrected chi connectivity index (χ4v) is 6.77. The predicted octanol–water partition coefficient (Wildman–Crippen LogP) is 7.67. The van der Waals surface area contributed by atoms with Crippen LogP contribution in [0.5, 0.6) is 0 Å². The minimum atomic E-state index is -3.18. The molecule has 0 spiro atoms. The van der Waals surface area contributed by atoms with Gasteiger partial charge in [-0.2, -0.15) is 4.98 Å². The highest BCUT2D eigenvalue weighted by Gasteiger charge is 2.36. The molecule has 0 atom stereocenters. The number of carbonyl (C=O) groups excluding carboxylic acids is 1. The van der Waals surface area contributed by atoms with Crippen molar-refractivity contribution < 1.29 is 22.8 Å². The lowest BCUT2D eigenvalue weighted by Crippen LogP contribution is -2.29. The lowest BCUT2D eigenvalue weighted by atomic mass is 9.97. The van der Waals surface area contributed by atoms with Crippen LogP contribution in [0.3, 0.4) is 0 Å². The zero-order valence-electron chi connectivity index (χ0n) is 23.2. The van der Waals surface area contributed by atoms with Gasteiger partial charge in [0.2, 0.25) is 5.91 Å². The van der Waals surface area contributed by atoms with Crippen LogP contribution in [0.2, 0.25) is 5.02 Å². The van der Waals surface area contributed by atoms with Gasteiger partial charge in [0, 0.05) is 34.5 Å². The number of benzene rings is 3. The zero-order valence-corrected chi connectivity index (χ0v) is 24.9. The molecule has 1 saturated heterocycles. The highest BCUT2D eigenvalue weighted by Crippen LogP contribution is 2.56. The Morgan fingerprint density at radius 1 is 1.02 bits per heavy atom. The van der Waals surface area contributed by atoms with Gasteiger partial charge in [0.05, 0.1) is 30.4 Å². The van der Waals surface area contributed by atoms with Crippen LogP contribution in [0.25, 0.3) is 28.3 Å². The number of oxazole rings is 1. The summed E-state index contributed by atoms with van der Waals surface area (Å²) in [6.45, 7) is 4.80. The number of aryl methyl sites for hydroxylation is 1. The first kappa shape index (κ1) is 28.4. The number of imidazole rings is 1. The lowest BCUT2D eigenvalue weighted by molar-refractivity contribution is -0.116. The molecule has 3 heterocycles. The van der Waals surface area contributed by atoms with E-state index in [1.807, 2.05) is 62.4 Å². The van der Waals surface area contributed by atoms with Gasteiger partial charge in [-0.05, 0) is 42.0 Å². The first-order chi connectivity index (χ1) is 20.2. The van der Waals surface area contributed by atoms with Gasteiger partial charge in [-0.25, -0.2) is 4.98 Å². The first-order valence-electron chi connectivity index (χ1n) is 13.6. The Balaban J connectivity index is 1.14. The summed E-state index contributed by atoms with van der Waals surface area (Å²) in [6.07, 6.45) is 2.36. The van der Waals surface area contributed by atoms with Crippen molar-refractivity contribution in [2.24, 2.45) is 5.41 Å². The summed E-state index contributed by atoms with van der Waals surface area (Å²) >= 11 is 6.11. The molecule has 1 fully saturated rings. The van der Waals surface area contributed by atoms with E-state index in [-0.39, 0.29) is 23.9 Å². The van der Waals surface area contributed by atoms with E-state index >= 15 is 0 Å². The van der Waals surface area contributed by atoms with Crippen LogP contribution in [0.15, 0.2) is 83.5 Å². The van der Waals surface area contributed by atoms with Crippen LogP contribution in [0.4, 0.5) is 5.69 Å². The minimum Gasteiger partial charge on any atom is -0.427 e. The molecular formula is C31H30ClN4O5P. The monoisotopic (exact) mass is 604 g/mol. The second-order valence-electron chi connectivity index (χ2n) is 11.1. The molecule has 0 aliphatic carbocycles. The number of aromatic nitrogens is 3. The summed E-state index contributed by atoms with van der Waals surface area (Å²) in [7, 11) is -3.18. The summed E-state index contributed by atoms with van der Waals surface area (Å²) in [5, 5.41) is 3.54. The molecule has 216 valence electrons. The number of hydrogen-bond donors (Lipinski definition) is 1. The van der Waals surface area contributed by atoms with Crippen molar-refractivity contribution in [1.82, 2.24) is 14.5 Å². The highest BCUT2D eigenvalue weighted by molar-refractivity contribution is 7.53. The maximum atomic E-state index is 12.9. The molecule has 5 aromatic rings. The van der Waals surface area contributed by atoms with E-state index in [0.29, 0.717) is 47.8 Å². The van der Waals surface area contributed by atoms with E-state index in [1.165, 1.54) is 0 Å². The van der Waals surface area contributed by atoms with Crippen molar-refractivity contribution in [1.29, 1.82) is 0 Å². The quantitative estimate of drug-likeness (QED) is 0.181. The largest absolute Gasteiger partial charge is 0.427 e. The van der Waals surface area contributed by atoms with E-state index in [4.69, 9.17) is 30.0 Å². The van der Waals surface area contributed by atoms with Crippen molar-refractivity contribution in [3.05, 3.63) is 95.5 Å². The first-order valence-corrected chi connectivity index (χ1v) is 15.7. The summed E-state index contributed by atoms with van der Waals surface area (Å²) in [5.74, 6) is 0.404. The Labute approximate surface area is 248 Å². The SMILES string of the molecule is CC1(C)COP(=O)(Cc2ccc(NC(=O)CCc3oc(-n4cnc5ccccc54)nc3-c3ccc(Cl)cc3)cc2)OC1. The van der Waals surface area contributed by atoms with Crippen LogP contribution in [0.1, 0.15) is 31.6 Å². The van der Waals surface area contributed by atoms with Crippen molar-refractivity contribution in [3.63, 3.8) is 0 Å². The van der Waals surface area contributed by atoms with Crippen molar-refractivity contribution in [3.8, 4) is 17.3 Å². The molecule has 42 heavy (non-hydrogen) atoms. The molecule has 0 saturated carbocycles. The second kappa shape index (κ2) is 11.5.